The Morgan fingerprint density at radius 3 is 2.91 bits per heavy atom. The van der Waals surface area contributed by atoms with Gasteiger partial charge in [-0.3, -0.25) is 14.6 Å². The maximum absolute atomic E-state index is 12.8. The summed E-state index contributed by atoms with van der Waals surface area (Å²) in [4.78, 5) is 35.5. The molecule has 164 valence electrons. The van der Waals surface area contributed by atoms with Crippen LogP contribution in [0.3, 0.4) is 0 Å². The van der Waals surface area contributed by atoms with E-state index in [2.05, 4.69) is 30.0 Å². The summed E-state index contributed by atoms with van der Waals surface area (Å²) in [6.07, 6.45) is 4.43. The molecule has 0 saturated carbocycles. The Labute approximate surface area is 184 Å². The molecule has 0 bridgehead atoms. The van der Waals surface area contributed by atoms with Gasteiger partial charge in [-0.1, -0.05) is 6.07 Å². The number of nitrogens with zero attached hydrogens (tertiary/aromatic N) is 6. The summed E-state index contributed by atoms with van der Waals surface area (Å²) in [5, 5.41) is 20.3. The van der Waals surface area contributed by atoms with Gasteiger partial charge in [0, 0.05) is 38.7 Å². The molecule has 0 saturated heterocycles. The van der Waals surface area contributed by atoms with Gasteiger partial charge in [0.05, 0.1) is 6.61 Å². The van der Waals surface area contributed by atoms with Crippen molar-refractivity contribution in [2.24, 2.45) is 0 Å². The molecule has 0 aliphatic carbocycles. The van der Waals surface area contributed by atoms with E-state index in [9.17, 15) is 9.59 Å². The molecular formula is C22H23N7O3. The third-order valence-electron chi connectivity index (χ3n) is 5.84. The highest BCUT2D eigenvalue weighted by Crippen LogP contribution is 2.23. The molecule has 0 fully saturated rings. The number of amides is 2. The van der Waals surface area contributed by atoms with Crippen LogP contribution in [0.1, 0.15) is 40.3 Å². The second-order valence-corrected chi connectivity index (χ2v) is 7.93. The Balaban J connectivity index is 1.33. The van der Waals surface area contributed by atoms with Gasteiger partial charge in [-0.15, -0.1) is 10.2 Å². The van der Waals surface area contributed by atoms with Gasteiger partial charge >= 0.3 is 0 Å². The van der Waals surface area contributed by atoms with Crippen LogP contribution in [0.25, 0.3) is 11.5 Å². The molecule has 5 heterocycles. The van der Waals surface area contributed by atoms with Crippen LogP contribution in [0.4, 0.5) is 5.82 Å². The third-order valence-corrected chi connectivity index (χ3v) is 5.84. The highest BCUT2D eigenvalue weighted by atomic mass is 16.3. The van der Waals surface area contributed by atoms with E-state index >= 15 is 0 Å². The summed E-state index contributed by atoms with van der Waals surface area (Å²) in [6.45, 7) is 1.69. The van der Waals surface area contributed by atoms with Gasteiger partial charge in [-0.2, -0.15) is 0 Å². The van der Waals surface area contributed by atoms with E-state index in [0.29, 0.717) is 36.8 Å². The summed E-state index contributed by atoms with van der Waals surface area (Å²) >= 11 is 0. The fraction of sp³-hybridized carbons (Fsp3) is 0.364. The average Bonchev–Trinajstić information content (AvgIpc) is 3.43. The Hall–Kier alpha value is -3.66. The van der Waals surface area contributed by atoms with Crippen molar-refractivity contribution >= 4 is 17.6 Å². The molecule has 3 aromatic heterocycles. The fourth-order valence-corrected chi connectivity index (χ4v) is 4.18. The number of fused-ring (bicyclic) bond motifs is 2. The minimum absolute atomic E-state index is 0.0954. The van der Waals surface area contributed by atoms with Gasteiger partial charge in [0.1, 0.15) is 23.0 Å². The van der Waals surface area contributed by atoms with E-state index in [-0.39, 0.29) is 30.5 Å². The first-order valence-corrected chi connectivity index (χ1v) is 10.7. The smallest absolute Gasteiger partial charge is 0.275 e. The molecule has 0 spiro atoms. The predicted octanol–water partition coefficient (Wildman–Crippen LogP) is 1.20. The predicted molar refractivity (Wildman–Crippen MR) is 115 cm³/mol. The molecule has 3 aromatic rings. The maximum Gasteiger partial charge on any atom is 0.275 e. The lowest BCUT2D eigenvalue weighted by molar-refractivity contribution is -0.132. The topological polar surface area (TPSA) is 126 Å². The van der Waals surface area contributed by atoms with Crippen LogP contribution in [0.15, 0.2) is 30.5 Å². The number of carbonyl (C=O) groups excluding carboxylic acids is 2. The van der Waals surface area contributed by atoms with E-state index in [4.69, 9.17) is 5.11 Å². The number of aryl methyl sites for hydroxylation is 1. The van der Waals surface area contributed by atoms with Crippen LogP contribution in [0.5, 0.6) is 0 Å². The van der Waals surface area contributed by atoms with Crippen molar-refractivity contribution in [3.05, 3.63) is 53.1 Å². The molecule has 2 amide bonds. The number of aliphatic hydroxyl groups is 1. The highest BCUT2D eigenvalue weighted by molar-refractivity contribution is 6.02. The van der Waals surface area contributed by atoms with Gasteiger partial charge in [0.15, 0.2) is 5.82 Å². The monoisotopic (exact) mass is 433 g/mol. The second-order valence-electron chi connectivity index (χ2n) is 7.93. The van der Waals surface area contributed by atoms with Crippen LogP contribution in [0.2, 0.25) is 0 Å². The molecule has 10 nitrogen and oxygen atoms in total. The minimum atomic E-state index is -0.372. The first kappa shape index (κ1) is 20.3. The second kappa shape index (κ2) is 8.46. The molecule has 0 atom stereocenters. The summed E-state index contributed by atoms with van der Waals surface area (Å²) < 4.78 is 2.06. The quantitative estimate of drug-likeness (QED) is 0.619. The Morgan fingerprint density at radius 2 is 2.03 bits per heavy atom. The Bertz CT molecular complexity index is 1190. The molecule has 0 aromatic carbocycles. The largest absolute Gasteiger partial charge is 0.396 e. The van der Waals surface area contributed by atoms with Crippen LogP contribution < -0.4 is 5.32 Å². The molecular weight excluding hydrogens is 410 g/mol. The lowest BCUT2D eigenvalue weighted by Gasteiger charge is -2.28. The summed E-state index contributed by atoms with van der Waals surface area (Å²) in [6, 6.07) is 7.11. The van der Waals surface area contributed by atoms with E-state index in [0.717, 1.165) is 36.3 Å². The standard InChI is InChI=1S/C22H23N7O3/c30-10-7-20(31)28-9-6-14-12-23-17(11-15(14)13-28)22(32)25-18-4-1-3-16(24-18)21-27-26-19-5-2-8-29(19)21/h1,3-4,11-12,30H,2,5-10,13H2,(H,24,25,32). The van der Waals surface area contributed by atoms with Crippen LogP contribution in [0, 0.1) is 0 Å². The Morgan fingerprint density at radius 1 is 1.12 bits per heavy atom. The molecule has 0 radical (unpaired) electrons. The van der Waals surface area contributed by atoms with Crippen LogP contribution in [-0.2, 0) is 30.7 Å². The minimum Gasteiger partial charge on any atom is -0.396 e. The van der Waals surface area contributed by atoms with E-state index in [1.807, 2.05) is 12.1 Å². The first-order chi connectivity index (χ1) is 15.6. The normalized spacial score (nSPS) is 14.7. The number of nitrogens with one attached hydrogen (secondary N) is 1. The third kappa shape index (κ3) is 3.84. The molecule has 5 rings (SSSR count). The number of pyridine rings is 2. The van der Waals surface area contributed by atoms with Crippen molar-refractivity contribution in [3.8, 4) is 11.5 Å². The molecule has 2 N–H and O–H groups in total. The van der Waals surface area contributed by atoms with Crippen molar-refractivity contribution in [1.82, 2.24) is 29.6 Å². The van der Waals surface area contributed by atoms with Crippen LogP contribution in [-0.4, -0.2) is 59.7 Å². The van der Waals surface area contributed by atoms with Gasteiger partial charge in [0.25, 0.3) is 5.91 Å². The average molecular weight is 433 g/mol. The number of rotatable bonds is 5. The zero-order valence-corrected chi connectivity index (χ0v) is 17.5. The SMILES string of the molecule is O=C(Nc1cccc(-c2nnc3n2CCC3)n1)c1cc2c(cn1)CCN(C(=O)CCO)C2. The lowest BCUT2D eigenvalue weighted by Crippen LogP contribution is -2.36. The van der Waals surface area contributed by atoms with Crippen molar-refractivity contribution in [1.29, 1.82) is 0 Å². The summed E-state index contributed by atoms with van der Waals surface area (Å²) in [5.41, 5.74) is 2.83. The molecule has 2 aliphatic rings. The van der Waals surface area contributed by atoms with Gasteiger partial charge in [-0.25, -0.2) is 4.98 Å². The van der Waals surface area contributed by atoms with Crippen molar-refractivity contribution in [2.45, 2.75) is 38.8 Å². The summed E-state index contributed by atoms with van der Waals surface area (Å²) in [5.74, 6) is 1.60. The zero-order chi connectivity index (χ0) is 22.1. The molecule has 32 heavy (non-hydrogen) atoms. The molecule has 0 unspecified atom stereocenters. The lowest BCUT2D eigenvalue weighted by atomic mass is 10.0. The van der Waals surface area contributed by atoms with Gasteiger partial charge in [-0.05, 0) is 42.2 Å². The number of aromatic nitrogens is 5. The number of carbonyl (C=O) groups is 2. The molecule has 10 heteroatoms. The number of hydrogen-bond donors (Lipinski definition) is 2. The maximum atomic E-state index is 12.8. The zero-order valence-electron chi connectivity index (χ0n) is 17.5. The Kier molecular flexibility index (Phi) is 5.36. The van der Waals surface area contributed by atoms with Crippen molar-refractivity contribution in [3.63, 3.8) is 0 Å². The fourth-order valence-electron chi connectivity index (χ4n) is 4.18. The summed E-state index contributed by atoms with van der Waals surface area (Å²) in [7, 11) is 0. The first-order valence-electron chi connectivity index (χ1n) is 10.7. The van der Waals surface area contributed by atoms with Gasteiger partial charge in [0.2, 0.25) is 5.91 Å². The molecule has 2 aliphatic heterocycles. The van der Waals surface area contributed by atoms with E-state index in [1.165, 1.54) is 0 Å². The van der Waals surface area contributed by atoms with Crippen molar-refractivity contribution < 1.29 is 14.7 Å². The van der Waals surface area contributed by atoms with E-state index in [1.54, 1.807) is 23.2 Å². The number of hydrogen-bond acceptors (Lipinski definition) is 7. The van der Waals surface area contributed by atoms with Crippen LogP contribution >= 0.6 is 0 Å². The highest BCUT2D eigenvalue weighted by Gasteiger charge is 2.23. The van der Waals surface area contributed by atoms with E-state index < -0.39 is 0 Å². The van der Waals surface area contributed by atoms with Gasteiger partial charge < -0.3 is 19.9 Å². The number of aliphatic hydroxyl groups excluding tert-OH is 1. The number of anilines is 1. The van der Waals surface area contributed by atoms with Crippen molar-refractivity contribution in [2.75, 3.05) is 18.5 Å².